The molecule has 0 radical (unpaired) electrons. The lowest BCUT2D eigenvalue weighted by atomic mass is 10.1. The van der Waals surface area contributed by atoms with Gasteiger partial charge in [-0.2, -0.15) is 0 Å². The van der Waals surface area contributed by atoms with E-state index in [9.17, 15) is 18.0 Å². The van der Waals surface area contributed by atoms with Gasteiger partial charge in [-0.05, 0) is 30.7 Å². The molecule has 9 nitrogen and oxygen atoms in total. The normalized spacial score (nSPS) is 11.1. The fraction of sp³-hybridized carbons (Fsp3) is 0.118. The van der Waals surface area contributed by atoms with E-state index in [0.29, 0.717) is 16.1 Å². The van der Waals surface area contributed by atoms with Crippen molar-refractivity contribution in [1.29, 1.82) is 0 Å². The molecule has 0 aliphatic carbocycles. The number of amides is 3. The van der Waals surface area contributed by atoms with Crippen molar-refractivity contribution >= 4 is 54.8 Å². The lowest BCUT2D eigenvalue weighted by Gasteiger charge is -2.07. The van der Waals surface area contributed by atoms with Gasteiger partial charge in [-0.3, -0.25) is 10.1 Å². The highest BCUT2D eigenvalue weighted by Gasteiger charge is 2.20. The van der Waals surface area contributed by atoms with Gasteiger partial charge in [-0.15, -0.1) is 11.3 Å². The SMILES string of the molecule is Cc1ccc(S(=O)(=O)NC(=O)Nc2ncc(NC(=O)c3ccccc3CN)s2)s1. The van der Waals surface area contributed by atoms with Gasteiger partial charge in [-0.1, -0.05) is 29.5 Å². The standard InChI is InChI=1S/C17H17N5O4S3/c1-10-6-7-14(27-10)29(25,26)22-16(24)21-17-19-9-13(28-17)20-15(23)12-5-3-2-4-11(12)8-18/h2-7,9H,8,18H2,1H3,(H,20,23)(H2,19,21,22,24). The highest BCUT2D eigenvalue weighted by molar-refractivity contribution is 7.92. The second kappa shape index (κ2) is 8.69. The third-order valence-corrected chi connectivity index (χ3v) is 7.30. The third-order valence-electron chi connectivity index (χ3n) is 3.65. The summed E-state index contributed by atoms with van der Waals surface area (Å²) in [7, 11) is -3.96. The summed E-state index contributed by atoms with van der Waals surface area (Å²) in [6, 6.07) is 9.06. The van der Waals surface area contributed by atoms with Crippen molar-refractivity contribution in [2.75, 3.05) is 10.6 Å². The van der Waals surface area contributed by atoms with Crippen LogP contribution in [0, 0.1) is 6.92 Å². The third kappa shape index (κ3) is 5.17. The van der Waals surface area contributed by atoms with Gasteiger partial charge in [0.2, 0.25) is 0 Å². The van der Waals surface area contributed by atoms with Gasteiger partial charge in [0, 0.05) is 17.0 Å². The van der Waals surface area contributed by atoms with Crippen LogP contribution >= 0.6 is 22.7 Å². The van der Waals surface area contributed by atoms with Crippen molar-refractivity contribution in [2.45, 2.75) is 17.7 Å². The number of carbonyl (C=O) groups excluding carboxylic acids is 2. The summed E-state index contributed by atoms with van der Waals surface area (Å²) < 4.78 is 26.3. The maximum absolute atomic E-state index is 12.4. The minimum absolute atomic E-state index is 0.0378. The molecule has 12 heteroatoms. The van der Waals surface area contributed by atoms with E-state index in [1.807, 2.05) is 4.72 Å². The number of aryl methyl sites for hydroxylation is 1. The Bertz CT molecular complexity index is 1150. The predicted molar refractivity (Wildman–Crippen MR) is 113 cm³/mol. The molecule has 0 saturated carbocycles. The quantitative estimate of drug-likeness (QED) is 0.454. The summed E-state index contributed by atoms with van der Waals surface area (Å²) in [5.41, 5.74) is 6.78. The molecular formula is C17H17N5O4S3. The molecule has 0 aliphatic rings. The summed E-state index contributed by atoms with van der Waals surface area (Å²) in [4.78, 5) is 29.2. The van der Waals surface area contributed by atoms with Crippen LogP contribution in [0.1, 0.15) is 20.8 Å². The number of anilines is 2. The van der Waals surface area contributed by atoms with Crippen LogP contribution in [-0.2, 0) is 16.6 Å². The second-order valence-corrected chi connectivity index (χ2v) is 10.00. The number of rotatable bonds is 6. The zero-order chi connectivity index (χ0) is 21.0. The molecule has 2 aromatic heterocycles. The Morgan fingerprint density at radius 3 is 2.55 bits per heavy atom. The molecule has 152 valence electrons. The average molecular weight is 452 g/mol. The van der Waals surface area contributed by atoms with Crippen molar-refractivity contribution < 1.29 is 18.0 Å². The lowest BCUT2D eigenvalue weighted by Crippen LogP contribution is -2.33. The molecule has 0 spiro atoms. The number of thiazole rings is 1. The van der Waals surface area contributed by atoms with Crippen LogP contribution in [0.15, 0.2) is 46.8 Å². The van der Waals surface area contributed by atoms with E-state index in [1.54, 1.807) is 37.3 Å². The van der Waals surface area contributed by atoms with Crippen LogP contribution in [0.3, 0.4) is 0 Å². The van der Waals surface area contributed by atoms with Crippen LogP contribution in [0.5, 0.6) is 0 Å². The van der Waals surface area contributed by atoms with Crippen LogP contribution in [0.25, 0.3) is 0 Å². The average Bonchev–Trinajstić information content (AvgIpc) is 3.30. The number of urea groups is 1. The molecular weight excluding hydrogens is 434 g/mol. The Balaban J connectivity index is 1.63. The van der Waals surface area contributed by atoms with Gasteiger partial charge in [0.1, 0.15) is 9.21 Å². The van der Waals surface area contributed by atoms with E-state index >= 15 is 0 Å². The number of carbonyl (C=O) groups is 2. The van der Waals surface area contributed by atoms with E-state index in [2.05, 4.69) is 15.6 Å². The van der Waals surface area contributed by atoms with Gasteiger partial charge in [0.25, 0.3) is 15.9 Å². The van der Waals surface area contributed by atoms with Gasteiger partial charge in [-0.25, -0.2) is 22.9 Å². The fourth-order valence-electron chi connectivity index (χ4n) is 2.34. The first-order chi connectivity index (χ1) is 13.8. The van der Waals surface area contributed by atoms with Crippen LogP contribution in [0.4, 0.5) is 14.9 Å². The topological polar surface area (TPSA) is 143 Å². The molecule has 0 atom stereocenters. The molecule has 0 fully saturated rings. The first-order valence-corrected chi connectivity index (χ1v) is 11.4. The molecule has 5 N–H and O–H groups in total. The van der Waals surface area contributed by atoms with Crippen LogP contribution in [0.2, 0.25) is 0 Å². The number of nitrogens with one attached hydrogen (secondary N) is 3. The van der Waals surface area contributed by atoms with Crippen molar-refractivity contribution in [3.05, 3.63) is 58.6 Å². The van der Waals surface area contributed by atoms with Crippen molar-refractivity contribution in [1.82, 2.24) is 9.71 Å². The molecule has 0 bridgehead atoms. The lowest BCUT2D eigenvalue weighted by molar-refractivity contribution is 0.102. The summed E-state index contributed by atoms with van der Waals surface area (Å²) >= 11 is 2.04. The predicted octanol–water partition coefficient (Wildman–Crippen LogP) is 2.73. The molecule has 0 saturated heterocycles. The van der Waals surface area contributed by atoms with Crippen molar-refractivity contribution in [3.8, 4) is 0 Å². The van der Waals surface area contributed by atoms with Crippen molar-refractivity contribution in [2.24, 2.45) is 5.73 Å². The number of aromatic nitrogens is 1. The number of nitrogens with zero attached hydrogens (tertiary/aromatic N) is 1. The first-order valence-electron chi connectivity index (χ1n) is 8.24. The summed E-state index contributed by atoms with van der Waals surface area (Å²) in [6.45, 7) is 1.98. The van der Waals surface area contributed by atoms with Gasteiger partial charge in [0.15, 0.2) is 5.13 Å². The number of hydrogen-bond acceptors (Lipinski definition) is 8. The Labute approximate surface area is 175 Å². The Morgan fingerprint density at radius 1 is 1.10 bits per heavy atom. The maximum Gasteiger partial charge on any atom is 0.334 e. The largest absolute Gasteiger partial charge is 0.334 e. The summed E-state index contributed by atoms with van der Waals surface area (Å²) in [5.74, 6) is -0.360. The van der Waals surface area contributed by atoms with E-state index in [-0.39, 0.29) is 21.8 Å². The van der Waals surface area contributed by atoms with Crippen molar-refractivity contribution in [3.63, 3.8) is 0 Å². The van der Waals surface area contributed by atoms with E-state index < -0.39 is 16.1 Å². The zero-order valence-corrected chi connectivity index (χ0v) is 17.6. The van der Waals surface area contributed by atoms with Gasteiger partial charge < -0.3 is 11.1 Å². The fourth-order valence-corrected chi connectivity index (χ4v) is 5.24. The zero-order valence-electron chi connectivity index (χ0n) is 15.1. The number of sulfonamides is 1. The number of hydrogen-bond donors (Lipinski definition) is 4. The Kier molecular flexibility index (Phi) is 6.27. The summed E-state index contributed by atoms with van der Waals surface area (Å²) in [5, 5.41) is 5.53. The number of thiophene rings is 1. The van der Waals surface area contributed by atoms with E-state index in [0.717, 1.165) is 27.6 Å². The molecule has 3 aromatic rings. The monoisotopic (exact) mass is 451 g/mol. The summed E-state index contributed by atoms with van der Waals surface area (Å²) in [6.07, 6.45) is 1.36. The molecule has 0 unspecified atom stereocenters. The first kappa shape index (κ1) is 20.9. The number of benzene rings is 1. The second-order valence-electron chi connectivity index (χ2n) is 5.77. The van der Waals surface area contributed by atoms with Crippen LogP contribution < -0.4 is 21.1 Å². The minimum atomic E-state index is -3.96. The van der Waals surface area contributed by atoms with Crippen LogP contribution in [-0.4, -0.2) is 25.3 Å². The Morgan fingerprint density at radius 2 is 1.86 bits per heavy atom. The molecule has 0 aliphatic heterocycles. The van der Waals surface area contributed by atoms with E-state index in [1.165, 1.54) is 12.3 Å². The smallest absolute Gasteiger partial charge is 0.326 e. The highest BCUT2D eigenvalue weighted by Crippen LogP contribution is 2.25. The molecule has 1 aromatic carbocycles. The van der Waals surface area contributed by atoms with Gasteiger partial charge in [0.05, 0.1) is 6.20 Å². The van der Waals surface area contributed by atoms with Gasteiger partial charge >= 0.3 is 6.03 Å². The highest BCUT2D eigenvalue weighted by atomic mass is 32.2. The molecule has 29 heavy (non-hydrogen) atoms. The Hall–Kier alpha value is -2.80. The molecule has 3 amide bonds. The van der Waals surface area contributed by atoms with E-state index in [4.69, 9.17) is 5.73 Å². The maximum atomic E-state index is 12.4. The number of nitrogens with two attached hydrogens (primary N) is 1. The minimum Gasteiger partial charge on any atom is -0.326 e. The molecule has 3 rings (SSSR count). The molecule has 2 heterocycles.